The molecule has 0 aromatic carbocycles. The number of alkyl halides is 3. The number of hydrogen-bond acceptors (Lipinski definition) is 2. The van der Waals surface area contributed by atoms with Gasteiger partial charge in [0.25, 0.3) is 0 Å². The summed E-state index contributed by atoms with van der Waals surface area (Å²) in [5.41, 5.74) is -0.338. The summed E-state index contributed by atoms with van der Waals surface area (Å²) < 4.78 is 38.0. The molecule has 0 saturated heterocycles. The van der Waals surface area contributed by atoms with Crippen LogP contribution >= 0.6 is 0 Å². The minimum atomic E-state index is -4.41. The summed E-state index contributed by atoms with van der Waals surface area (Å²) in [6, 6.07) is 0. The van der Waals surface area contributed by atoms with Crippen LogP contribution < -0.4 is 5.32 Å². The zero-order chi connectivity index (χ0) is 14.3. The third-order valence-corrected chi connectivity index (χ3v) is 3.05. The fraction of sp³-hybridized carbons (Fsp3) is 0.769. The zero-order valence-electron chi connectivity index (χ0n) is 11.5. The molecule has 0 unspecified atom stereocenters. The molecule has 0 aliphatic rings. The van der Waals surface area contributed by atoms with Crippen LogP contribution in [-0.2, 0) is 6.18 Å². The molecule has 0 saturated carbocycles. The minimum absolute atomic E-state index is 0.0843. The highest BCUT2D eigenvalue weighted by Gasteiger charge is 2.37. The Balaban J connectivity index is 2.35. The van der Waals surface area contributed by atoms with Gasteiger partial charge in [-0.05, 0) is 13.3 Å². The first-order valence-corrected chi connectivity index (χ1v) is 6.82. The summed E-state index contributed by atoms with van der Waals surface area (Å²) in [6.45, 7) is 4.29. The van der Waals surface area contributed by atoms with Crippen molar-refractivity contribution in [2.75, 3.05) is 11.9 Å². The summed E-state index contributed by atoms with van der Waals surface area (Å²) >= 11 is 0. The number of unbranched alkanes of at least 4 members (excludes halogenated alkanes) is 5. The lowest BCUT2D eigenvalue weighted by Gasteiger charge is -2.09. The number of aryl methyl sites for hydroxylation is 1. The number of aromatic nitrogens is 2. The quantitative estimate of drug-likeness (QED) is 0.686. The van der Waals surface area contributed by atoms with Crippen LogP contribution in [0.5, 0.6) is 0 Å². The molecule has 1 heterocycles. The monoisotopic (exact) mass is 277 g/mol. The fourth-order valence-corrected chi connectivity index (χ4v) is 1.97. The van der Waals surface area contributed by atoms with Gasteiger partial charge >= 0.3 is 6.18 Å². The number of H-pyrrole nitrogens is 1. The predicted molar refractivity (Wildman–Crippen MR) is 70.2 cm³/mol. The van der Waals surface area contributed by atoms with Crippen LogP contribution in [-0.4, -0.2) is 16.7 Å². The molecule has 0 fully saturated rings. The van der Waals surface area contributed by atoms with Crippen molar-refractivity contribution in [2.24, 2.45) is 0 Å². The average Bonchev–Trinajstić information content (AvgIpc) is 2.69. The van der Waals surface area contributed by atoms with Crippen molar-refractivity contribution < 1.29 is 13.2 Å². The van der Waals surface area contributed by atoms with E-state index >= 15 is 0 Å². The van der Waals surface area contributed by atoms with Crippen LogP contribution in [0.1, 0.15) is 56.8 Å². The molecule has 6 heteroatoms. The van der Waals surface area contributed by atoms with Gasteiger partial charge in [-0.25, -0.2) is 0 Å². The van der Waals surface area contributed by atoms with Gasteiger partial charge < -0.3 is 5.32 Å². The van der Waals surface area contributed by atoms with Gasteiger partial charge in [0, 0.05) is 6.54 Å². The maximum atomic E-state index is 12.7. The molecule has 0 spiro atoms. The third-order valence-electron chi connectivity index (χ3n) is 3.05. The summed E-state index contributed by atoms with van der Waals surface area (Å²) in [6.07, 6.45) is 2.29. The van der Waals surface area contributed by atoms with E-state index in [-0.39, 0.29) is 5.69 Å². The third kappa shape index (κ3) is 5.12. The molecule has 2 N–H and O–H groups in total. The maximum absolute atomic E-state index is 12.7. The van der Waals surface area contributed by atoms with Gasteiger partial charge in [0.05, 0.1) is 11.4 Å². The van der Waals surface area contributed by atoms with Gasteiger partial charge in [0.1, 0.15) is 0 Å². The van der Waals surface area contributed by atoms with Crippen LogP contribution in [0.15, 0.2) is 0 Å². The number of rotatable bonds is 8. The van der Waals surface area contributed by atoms with E-state index in [1.165, 1.54) is 19.3 Å². The maximum Gasteiger partial charge on any atom is 0.437 e. The summed E-state index contributed by atoms with van der Waals surface area (Å²) in [7, 11) is 0. The van der Waals surface area contributed by atoms with Crippen LogP contribution in [0.25, 0.3) is 0 Å². The lowest BCUT2D eigenvalue weighted by molar-refractivity contribution is -0.140. The van der Waals surface area contributed by atoms with Gasteiger partial charge in [-0.1, -0.05) is 39.0 Å². The van der Waals surface area contributed by atoms with Crippen molar-refractivity contribution in [3.63, 3.8) is 0 Å². The Hall–Kier alpha value is -1.20. The highest BCUT2D eigenvalue weighted by molar-refractivity contribution is 5.53. The fourth-order valence-electron chi connectivity index (χ4n) is 1.97. The van der Waals surface area contributed by atoms with E-state index < -0.39 is 11.9 Å². The molecule has 19 heavy (non-hydrogen) atoms. The summed E-state index contributed by atoms with van der Waals surface area (Å²) in [5.74, 6) is 0. The largest absolute Gasteiger partial charge is 0.437 e. The van der Waals surface area contributed by atoms with E-state index in [0.29, 0.717) is 12.2 Å². The minimum Gasteiger partial charge on any atom is -0.382 e. The average molecular weight is 277 g/mol. The van der Waals surface area contributed by atoms with Gasteiger partial charge in [-0.2, -0.15) is 18.3 Å². The highest BCUT2D eigenvalue weighted by Crippen LogP contribution is 2.34. The van der Waals surface area contributed by atoms with Crippen LogP contribution in [0, 0.1) is 6.92 Å². The Morgan fingerprint density at radius 3 is 2.37 bits per heavy atom. The van der Waals surface area contributed by atoms with Crippen molar-refractivity contribution in [2.45, 2.75) is 58.5 Å². The lowest BCUT2D eigenvalue weighted by Crippen LogP contribution is -2.11. The molecule has 0 bridgehead atoms. The van der Waals surface area contributed by atoms with Crippen LogP contribution in [0.2, 0.25) is 0 Å². The number of halogens is 3. The molecule has 0 aliphatic carbocycles. The molecular formula is C13H22F3N3. The first-order valence-electron chi connectivity index (χ1n) is 6.82. The normalized spacial score (nSPS) is 11.8. The zero-order valence-corrected chi connectivity index (χ0v) is 11.5. The predicted octanol–water partition coefficient (Wildman–Crippen LogP) is 4.51. The summed E-state index contributed by atoms with van der Waals surface area (Å²) in [5, 5.41) is 8.54. The van der Waals surface area contributed by atoms with E-state index in [1.807, 2.05) is 0 Å². The van der Waals surface area contributed by atoms with E-state index in [1.54, 1.807) is 6.92 Å². The molecule has 1 aromatic heterocycles. The smallest absolute Gasteiger partial charge is 0.382 e. The molecule has 110 valence electrons. The molecule has 0 aliphatic heterocycles. The Bertz CT molecular complexity index is 372. The van der Waals surface area contributed by atoms with Gasteiger partial charge in [-0.3, -0.25) is 5.10 Å². The van der Waals surface area contributed by atoms with Crippen LogP contribution in [0.4, 0.5) is 18.9 Å². The Morgan fingerprint density at radius 1 is 1.11 bits per heavy atom. The van der Waals surface area contributed by atoms with E-state index in [2.05, 4.69) is 22.4 Å². The second-order valence-electron chi connectivity index (χ2n) is 4.76. The van der Waals surface area contributed by atoms with Crippen molar-refractivity contribution in [1.82, 2.24) is 10.2 Å². The lowest BCUT2D eigenvalue weighted by atomic mass is 10.1. The molecule has 1 rings (SSSR count). The number of aromatic amines is 1. The topological polar surface area (TPSA) is 40.7 Å². The first kappa shape index (κ1) is 15.9. The SMILES string of the molecule is CCCCCCCCNc1c(C(F)(F)F)n[nH]c1C. The number of nitrogens with one attached hydrogen (secondary N) is 2. The van der Waals surface area contributed by atoms with Crippen molar-refractivity contribution in [3.05, 3.63) is 11.4 Å². The standard InChI is InChI=1S/C13H22F3N3/c1-3-4-5-6-7-8-9-17-11-10(2)18-19-12(11)13(14,15)16/h17H,3-9H2,1-2H3,(H,18,19). The van der Waals surface area contributed by atoms with E-state index in [0.717, 1.165) is 19.3 Å². The van der Waals surface area contributed by atoms with Gasteiger partial charge in [-0.15, -0.1) is 0 Å². The number of hydrogen-bond donors (Lipinski definition) is 2. The second kappa shape index (κ2) is 7.40. The number of anilines is 1. The number of nitrogens with zero attached hydrogens (tertiary/aromatic N) is 1. The molecule has 1 aromatic rings. The molecular weight excluding hydrogens is 255 g/mol. The summed E-state index contributed by atoms with van der Waals surface area (Å²) in [4.78, 5) is 0. The van der Waals surface area contributed by atoms with E-state index in [4.69, 9.17) is 0 Å². The molecule has 0 amide bonds. The molecule has 0 radical (unpaired) electrons. The molecule has 3 nitrogen and oxygen atoms in total. The Kier molecular flexibility index (Phi) is 6.18. The van der Waals surface area contributed by atoms with Crippen molar-refractivity contribution >= 4 is 5.69 Å². The second-order valence-corrected chi connectivity index (χ2v) is 4.76. The van der Waals surface area contributed by atoms with Crippen molar-refractivity contribution in [3.8, 4) is 0 Å². The van der Waals surface area contributed by atoms with Crippen molar-refractivity contribution in [1.29, 1.82) is 0 Å². The first-order chi connectivity index (χ1) is 8.96. The van der Waals surface area contributed by atoms with E-state index in [9.17, 15) is 13.2 Å². The van der Waals surface area contributed by atoms with Crippen LogP contribution in [0.3, 0.4) is 0 Å². The highest BCUT2D eigenvalue weighted by atomic mass is 19.4. The van der Waals surface area contributed by atoms with Gasteiger partial charge in [0.15, 0.2) is 5.69 Å². The van der Waals surface area contributed by atoms with Gasteiger partial charge in [0.2, 0.25) is 0 Å². The molecule has 0 atom stereocenters. The Morgan fingerprint density at radius 2 is 1.74 bits per heavy atom. The Labute approximate surface area is 112 Å².